The van der Waals surface area contributed by atoms with Crippen LogP contribution in [0.5, 0.6) is 11.5 Å². The maximum atomic E-state index is 11.3. The van der Waals surface area contributed by atoms with Crippen molar-refractivity contribution in [1.82, 2.24) is 0 Å². The van der Waals surface area contributed by atoms with Gasteiger partial charge in [0.1, 0.15) is 0 Å². The molecule has 2 rings (SSSR count). The summed E-state index contributed by atoms with van der Waals surface area (Å²) in [5, 5.41) is 2.67. The van der Waals surface area contributed by atoms with E-state index in [1.54, 1.807) is 25.1 Å². The number of benzene rings is 1. The van der Waals surface area contributed by atoms with Gasteiger partial charge in [-0.3, -0.25) is 4.79 Å². The molecule has 0 aromatic heterocycles. The lowest BCUT2D eigenvalue weighted by molar-refractivity contribution is -0.117. The van der Waals surface area contributed by atoms with Crippen LogP contribution in [0.4, 0.5) is 5.69 Å². The topological polar surface area (TPSA) is 73.6 Å². The molecule has 0 bridgehead atoms. The molecule has 1 aromatic carbocycles. The van der Waals surface area contributed by atoms with Gasteiger partial charge in [0.2, 0.25) is 12.7 Å². The van der Waals surface area contributed by atoms with Gasteiger partial charge in [-0.05, 0) is 19.1 Å². The molecule has 88 valence electrons. The molecule has 3 N–H and O–H groups in total. The third-order valence-corrected chi connectivity index (χ3v) is 2.05. The van der Waals surface area contributed by atoms with Gasteiger partial charge < -0.3 is 20.5 Å². The summed E-state index contributed by atoms with van der Waals surface area (Å²) in [7, 11) is 0. The molecule has 0 saturated carbocycles. The molecule has 1 aliphatic rings. The van der Waals surface area contributed by atoms with E-state index in [1.807, 2.05) is 0 Å². The molecule has 1 aromatic rings. The summed E-state index contributed by atoms with van der Waals surface area (Å²) < 4.78 is 10.3. The maximum Gasteiger partial charge on any atom is 0.241 e. The minimum atomic E-state index is -0.532. The van der Waals surface area contributed by atoms with Crippen molar-refractivity contribution < 1.29 is 14.3 Å². The van der Waals surface area contributed by atoms with E-state index in [0.717, 1.165) is 0 Å². The van der Waals surface area contributed by atoms with Crippen molar-refractivity contribution in [2.45, 2.75) is 13.0 Å². The highest BCUT2D eigenvalue weighted by molar-refractivity contribution is 5.94. The van der Waals surface area contributed by atoms with Crippen LogP contribution < -0.4 is 20.5 Å². The van der Waals surface area contributed by atoms with Gasteiger partial charge in [0.25, 0.3) is 0 Å². The SMILES string of the molecule is CC(N)C(=O)Nc1ccc2c(c1)OCO2.Cl. The Kier molecular flexibility index (Phi) is 3.98. The number of hydrogen-bond donors (Lipinski definition) is 2. The Morgan fingerprint density at radius 2 is 2.12 bits per heavy atom. The zero-order valence-electron chi connectivity index (χ0n) is 8.73. The Bertz CT molecular complexity index is 396. The van der Waals surface area contributed by atoms with Crippen LogP contribution in [0.3, 0.4) is 0 Å². The third kappa shape index (κ3) is 2.56. The van der Waals surface area contributed by atoms with Gasteiger partial charge in [-0.2, -0.15) is 0 Å². The number of rotatable bonds is 2. The largest absolute Gasteiger partial charge is 0.454 e. The van der Waals surface area contributed by atoms with E-state index in [9.17, 15) is 4.79 Å². The number of nitrogens with two attached hydrogens (primary N) is 1. The second-order valence-corrected chi connectivity index (χ2v) is 3.35. The first-order valence-corrected chi connectivity index (χ1v) is 4.63. The van der Waals surface area contributed by atoms with Gasteiger partial charge in [-0.15, -0.1) is 12.4 Å². The highest BCUT2D eigenvalue weighted by atomic mass is 35.5. The standard InChI is InChI=1S/C10H12N2O3.ClH/c1-6(11)10(13)12-7-2-3-8-9(4-7)15-5-14-8;/h2-4,6H,5,11H2,1H3,(H,12,13);1H. The molecule has 1 aliphatic heterocycles. The molecule has 1 unspecified atom stereocenters. The zero-order valence-corrected chi connectivity index (χ0v) is 9.54. The van der Waals surface area contributed by atoms with Crippen molar-refractivity contribution in [2.24, 2.45) is 5.73 Å². The molecular weight excluding hydrogens is 232 g/mol. The first kappa shape index (κ1) is 12.6. The number of nitrogens with one attached hydrogen (secondary N) is 1. The predicted octanol–water partition coefficient (Wildman–Crippen LogP) is 1.12. The van der Waals surface area contributed by atoms with Gasteiger partial charge in [0, 0.05) is 11.8 Å². The van der Waals surface area contributed by atoms with Gasteiger partial charge in [0.05, 0.1) is 6.04 Å². The minimum absolute atomic E-state index is 0. The smallest absolute Gasteiger partial charge is 0.241 e. The molecule has 1 amide bonds. The molecular formula is C10H13ClN2O3. The van der Waals surface area contributed by atoms with Gasteiger partial charge >= 0.3 is 0 Å². The summed E-state index contributed by atoms with van der Waals surface area (Å²) in [6, 6.07) is 4.67. The van der Waals surface area contributed by atoms with Crippen molar-refractivity contribution in [2.75, 3.05) is 12.1 Å². The van der Waals surface area contributed by atoms with Crippen LogP contribution in [0.25, 0.3) is 0 Å². The highest BCUT2D eigenvalue weighted by Gasteiger charge is 2.14. The second-order valence-electron chi connectivity index (χ2n) is 3.35. The fraction of sp³-hybridized carbons (Fsp3) is 0.300. The van der Waals surface area contributed by atoms with Crippen LogP contribution in [0.1, 0.15) is 6.92 Å². The number of fused-ring (bicyclic) bond motifs is 1. The molecule has 0 aliphatic carbocycles. The summed E-state index contributed by atoms with van der Waals surface area (Å²) in [6.45, 7) is 1.85. The first-order chi connectivity index (χ1) is 7.16. The van der Waals surface area contributed by atoms with E-state index in [4.69, 9.17) is 15.2 Å². The molecule has 5 nitrogen and oxygen atoms in total. The Hall–Kier alpha value is -1.46. The van der Waals surface area contributed by atoms with Crippen molar-refractivity contribution in [3.63, 3.8) is 0 Å². The van der Waals surface area contributed by atoms with E-state index >= 15 is 0 Å². The monoisotopic (exact) mass is 244 g/mol. The lowest BCUT2D eigenvalue weighted by atomic mass is 10.2. The molecule has 1 heterocycles. The normalized spacial score (nSPS) is 13.9. The number of hydrogen-bond acceptors (Lipinski definition) is 4. The van der Waals surface area contributed by atoms with Crippen LogP contribution in [-0.2, 0) is 4.79 Å². The summed E-state index contributed by atoms with van der Waals surface area (Å²) in [5.74, 6) is 1.10. The third-order valence-electron chi connectivity index (χ3n) is 2.05. The lowest BCUT2D eigenvalue weighted by Gasteiger charge is -2.07. The highest BCUT2D eigenvalue weighted by Crippen LogP contribution is 2.34. The molecule has 0 radical (unpaired) electrons. The Balaban J connectivity index is 0.00000128. The van der Waals surface area contributed by atoms with Crippen molar-refractivity contribution in [3.8, 4) is 11.5 Å². The minimum Gasteiger partial charge on any atom is -0.454 e. The zero-order chi connectivity index (χ0) is 10.8. The van der Waals surface area contributed by atoms with Crippen LogP contribution >= 0.6 is 12.4 Å². The summed E-state index contributed by atoms with van der Waals surface area (Å²) in [4.78, 5) is 11.3. The Morgan fingerprint density at radius 3 is 2.81 bits per heavy atom. The van der Waals surface area contributed by atoms with Crippen molar-refractivity contribution in [3.05, 3.63) is 18.2 Å². The second kappa shape index (κ2) is 5.05. The average molecular weight is 245 g/mol. The van der Waals surface area contributed by atoms with Gasteiger partial charge in [-0.1, -0.05) is 0 Å². The number of ether oxygens (including phenoxy) is 2. The lowest BCUT2D eigenvalue weighted by Crippen LogP contribution is -2.32. The number of amides is 1. The average Bonchev–Trinajstić information content (AvgIpc) is 2.64. The molecule has 1 atom stereocenters. The van der Waals surface area contributed by atoms with Crippen LogP contribution in [0.2, 0.25) is 0 Å². The molecule has 0 fully saturated rings. The summed E-state index contributed by atoms with van der Waals surface area (Å²) in [6.07, 6.45) is 0. The van der Waals surface area contributed by atoms with Crippen LogP contribution in [-0.4, -0.2) is 18.7 Å². The Morgan fingerprint density at radius 1 is 1.44 bits per heavy atom. The number of carbonyl (C=O) groups excluding carboxylic acids is 1. The van der Waals surface area contributed by atoms with E-state index in [-0.39, 0.29) is 25.1 Å². The van der Waals surface area contributed by atoms with Gasteiger partial charge in [-0.25, -0.2) is 0 Å². The van der Waals surface area contributed by atoms with Crippen molar-refractivity contribution >= 4 is 24.0 Å². The first-order valence-electron chi connectivity index (χ1n) is 4.63. The fourth-order valence-corrected chi connectivity index (χ4v) is 1.23. The molecule has 0 saturated heterocycles. The van der Waals surface area contributed by atoms with Crippen molar-refractivity contribution in [1.29, 1.82) is 0 Å². The van der Waals surface area contributed by atoms with Crippen LogP contribution in [0.15, 0.2) is 18.2 Å². The molecule has 16 heavy (non-hydrogen) atoms. The predicted molar refractivity (Wildman–Crippen MR) is 62.1 cm³/mol. The maximum absolute atomic E-state index is 11.3. The van der Waals surface area contributed by atoms with Gasteiger partial charge in [0.15, 0.2) is 11.5 Å². The quantitative estimate of drug-likeness (QED) is 0.818. The van der Waals surface area contributed by atoms with Crippen LogP contribution in [0, 0.1) is 0 Å². The number of anilines is 1. The fourth-order valence-electron chi connectivity index (χ4n) is 1.23. The number of carbonyl (C=O) groups is 1. The van der Waals surface area contributed by atoms with E-state index in [2.05, 4.69) is 5.32 Å². The van der Waals surface area contributed by atoms with E-state index < -0.39 is 6.04 Å². The van der Waals surface area contributed by atoms with E-state index in [1.165, 1.54) is 0 Å². The molecule has 0 spiro atoms. The molecule has 6 heteroatoms. The van der Waals surface area contributed by atoms with E-state index in [0.29, 0.717) is 17.2 Å². The number of halogens is 1. The Labute approximate surface area is 99.3 Å². The summed E-state index contributed by atoms with van der Waals surface area (Å²) >= 11 is 0. The summed E-state index contributed by atoms with van der Waals surface area (Å²) in [5.41, 5.74) is 6.08.